The molecular weight excluding hydrogens is 230 g/mol. The summed E-state index contributed by atoms with van der Waals surface area (Å²) in [6.07, 6.45) is 7.29. The molecule has 1 N–H and O–H groups in total. The van der Waals surface area contributed by atoms with Crippen molar-refractivity contribution >= 4 is 0 Å². The molecule has 1 saturated heterocycles. The van der Waals surface area contributed by atoms with Gasteiger partial charge >= 0.3 is 0 Å². The highest BCUT2D eigenvalue weighted by Gasteiger charge is 2.40. The maximum Gasteiger partial charge on any atom is 0.138 e. The van der Waals surface area contributed by atoms with E-state index in [1.54, 1.807) is 11.0 Å². The molecule has 2 bridgehead atoms. The van der Waals surface area contributed by atoms with Crippen LogP contribution < -0.4 is 0 Å². The van der Waals surface area contributed by atoms with Gasteiger partial charge in [-0.15, -0.1) is 5.10 Å². The van der Waals surface area contributed by atoms with E-state index in [-0.39, 0.29) is 0 Å². The number of nitrogens with one attached hydrogen (secondary N) is 1. The largest absolute Gasteiger partial charge is 0.291 e. The Labute approximate surface area is 104 Å². The van der Waals surface area contributed by atoms with E-state index in [1.165, 1.54) is 24.1 Å². The minimum Gasteiger partial charge on any atom is -0.291 e. The molecule has 2 aromatic heterocycles. The zero-order valence-corrected chi connectivity index (χ0v) is 10.0. The molecule has 2 atom stereocenters. The first-order valence-electron chi connectivity index (χ1n) is 6.40. The van der Waals surface area contributed by atoms with Gasteiger partial charge in [-0.25, -0.2) is 4.68 Å². The third-order valence-electron chi connectivity index (χ3n) is 4.17. The minimum atomic E-state index is 0.536. The van der Waals surface area contributed by atoms with E-state index >= 15 is 0 Å². The lowest BCUT2D eigenvalue weighted by Gasteiger charge is -2.34. The summed E-state index contributed by atoms with van der Waals surface area (Å²) in [6.45, 7) is 1.86. The van der Waals surface area contributed by atoms with Gasteiger partial charge in [-0.05, 0) is 23.3 Å². The van der Waals surface area contributed by atoms with Crippen molar-refractivity contribution in [3.05, 3.63) is 23.8 Å². The van der Waals surface area contributed by atoms with Crippen LogP contribution in [0.2, 0.25) is 0 Å². The topological polar surface area (TPSA) is 75.5 Å². The highest BCUT2D eigenvalue weighted by molar-refractivity contribution is 5.27. The number of hydrogen-bond acceptors (Lipinski definition) is 5. The lowest BCUT2D eigenvalue weighted by atomic mass is 10.0. The summed E-state index contributed by atoms with van der Waals surface area (Å²) in [7, 11) is 0. The van der Waals surface area contributed by atoms with Gasteiger partial charge in [-0.3, -0.25) is 10.00 Å². The number of nitrogens with zero attached hydrogens (tertiary/aromatic N) is 6. The number of hydrogen-bond donors (Lipinski definition) is 1. The first-order valence-corrected chi connectivity index (χ1v) is 6.40. The first-order chi connectivity index (χ1) is 8.92. The van der Waals surface area contributed by atoms with Crippen molar-refractivity contribution in [2.24, 2.45) is 0 Å². The van der Waals surface area contributed by atoms with Gasteiger partial charge in [0.1, 0.15) is 6.33 Å². The quantitative estimate of drug-likeness (QED) is 0.833. The van der Waals surface area contributed by atoms with Gasteiger partial charge in [-0.2, -0.15) is 5.10 Å². The van der Waals surface area contributed by atoms with Gasteiger partial charge in [0, 0.05) is 36.3 Å². The maximum absolute atomic E-state index is 4.18. The third-order valence-corrected chi connectivity index (χ3v) is 4.17. The molecule has 0 radical (unpaired) electrons. The summed E-state index contributed by atoms with van der Waals surface area (Å²) in [4.78, 5) is 2.58. The van der Waals surface area contributed by atoms with Gasteiger partial charge < -0.3 is 0 Å². The normalized spacial score (nSPS) is 26.4. The SMILES string of the molecule is c1n[nH]c2c1C1CCC(C2)N1CCn1cnnn1. The Morgan fingerprint density at radius 2 is 2.33 bits per heavy atom. The maximum atomic E-state index is 4.18. The summed E-state index contributed by atoms with van der Waals surface area (Å²) >= 11 is 0. The Morgan fingerprint density at radius 1 is 1.33 bits per heavy atom. The fourth-order valence-electron chi connectivity index (χ4n) is 3.34. The summed E-state index contributed by atoms with van der Waals surface area (Å²) < 4.78 is 1.80. The standard InChI is InChI=1S/C11H15N7/c1-2-11-9-6-12-14-10(9)5-8(1)18(11)4-3-17-7-13-15-16-17/h6-8,11H,1-5H2,(H,12,14). The number of rotatable bonds is 3. The Morgan fingerprint density at radius 3 is 3.22 bits per heavy atom. The van der Waals surface area contributed by atoms with E-state index in [0.717, 1.165) is 19.5 Å². The Bertz CT molecular complexity index is 531. The van der Waals surface area contributed by atoms with Crippen molar-refractivity contribution in [2.45, 2.75) is 37.9 Å². The number of aromatic amines is 1. The summed E-state index contributed by atoms with van der Waals surface area (Å²) in [5.41, 5.74) is 2.72. The van der Waals surface area contributed by atoms with E-state index in [0.29, 0.717) is 12.1 Å². The second-order valence-electron chi connectivity index (χ2n) is 5.07. The monoisotopic (exact) mass is 245 g/mol. The molecule has 0 aliphatic carbocycles. The lowest BCUT2D eigenvalue weighted by Crippen LogP contribution is -2.39. The predicted molar refractivity (Wildman–Crippen MR) is 62.6 cm³/mol. The molecule has 0 amide bonds. The fourth-order valence-corrected chi connectivity index (χ4v) is 3.34. The van der Waals surface area contributed by atoms with Crippen molar-refractivity contribution < 1.29 is 0 Å². The molecule has 2 aliphatic rings. The van der Waals surface area contributed by atoms with E-state index in [4.69, 9.17) is 0 Å². The van der Waals surface area contributed by atoms with Crippen molar-refractivity contribution in [3.8, 4) is 0 Å². The van der Waals surface area contributed by atoms with Crippen LogP contribution in [0.15, 0.2) is 12.5 Å². The molecular formula is C11H15N7. The predicted octanol–water partition coefficient (Wildman–Crippen LogP) is 0.158. The highest BCUT2D eigenvalue weighted by atomic mass is 15.5. The number of H-pyrrole nitrogens is 1. The molecule has 4 rings (SSSR count). The third kappa shape index (κ3) is 1.47. The van der Waals surface area contributed by atoms with Gasteiger partial charge in [0.05, 0.1) is 12.7 Å². The average molecular weight is 245 g/mol. The van der Waals surface area contributed by atoms with Gasteiger partial charge in [-0.1, -0.05) is 0 Å². The number of aromatic nitrogens is 6. The second-order valence-corrected chi connectivity index (χ2v) is 5.07. The zero-order valence-electron chi connectivity index (χ0n) is 10.0. The molecule has 2 unspecified atom stereocenters. The van der Waals surface area contributed by atoms with E-state index in [2.05, 4.69) is 30.6 Å². The molecule has 18 heavy (non-hydrogen) atoms. The van der Waals surface area contributed by atoms with Crippen molar-refractivity contribution in [3.63, 3.8) is 0 Å². The van der Waals surface area contributed by atoms with Gasteiger partial charge in [0.2, 0.25) is 0 Å². The molecule has 0 spiro atoms. The van der Waals surface area contributed by atoms with Gasteiger partial charge in [0.25, 0.3) is 0 Å². The molecule has 4 heterocycles. The van der Waals surface area contributed by atoms with Crippen LogP contribution in [0, 0.1) is 0 Å². The van der Waals surface area contributed by atoms with Crippen molar-refractivity contribution in [1.82, 2.24) is 35.3 Å². The van der Waals surface area contributed by atoms with Crippen molar-refractivity contribution in [1.29, 1.82) is 0 Å². The summed E-state index contributed by atoms with van der Waals surface area (Å²) in [5, 5.41) is 18.6. The smallest absolute Gasteiger partial charge is 0.138 e. The molecule has 2 aliphatic heterocycles. The van der Waals surface area contributed by atoms with E-state index < -0.39 is 0 Å². The van der Waals surface area contributed by atoms with Crippen molar-refractivity contribution in [2.75, 3.05) is 6.54 Å². The Hall–Kier alpha value is -1.76. The van der Waals surface area contributed by atoms with E-state index in [1.807, 2.05) is 6.20 Å². The molecule has 1 fully saturated rings. The Kier molecular flexibility index (Phi) is 2.19. The first kappa shape index (κ1) is 10.2. The number of fused-ring (bicyclic) bond motifs is 4. The van der Waals surface area contributed by atoms with Crippen LogP contribution in [0.1, 0.15) is 30.1 Å². The second kappa shape index (κ2) is 3.88. The molecule has 0 aromatic carbocycles. The van der Waals surface area contributed by atoms with Gasteiger partial charge in [0.15, 0.2) is 0 Å². The lowest BCUT2D eigenvalue weighted by molar-refractivity contribution is 0.167. The van der Waals surface area contributed by atoms with Crippen LogP contribution in [-0.2, 0) is 13.0 Å². The average Bonchev–Trinajstić information content (AvgIpc) is 3.08. The van der Waals surface area contributed by atoms with Crippen LogP contribution in [0.25, 0.3) is 0 Å². The molecule has 0 saturated carbocycles. The summed E-state index contributed by atoms with van der Waals surface area (Å²) in [6, 6.07) is 1.19. The molecule has 7 heteroatoms. The molecule has 7 nitrogen and oxygen atoms in total. The van der Waals surface area contributed by atoms with Crippen LogP contribution in [-0.4, -0.2) is 47.9 Å². The zero-order chi connectivity index (χ0) is 11.9. The fraction of sp³-hybridized carbons (Fsp3) is 0.636. The van der Waals surface area contributed by atoms with E-state index in [9.17, 15) is 0 Å². The van der Waals surface area contributed by atoms with Crippen LogP contribution in [0.3, 0.4) is 0 Å². The summed E-state index contributed by atoms with van der Waals surface area (Å²) in [5.74, 6) is 0. The van der Waals surface area contributed by atoms with Crippen LogP contribution >= 0.6 is 0 Å². The number of tetrazole rings is 1. The Balaban J connectivity index is 1.53. The molecule has 2 aromatic rings. The minimum absolute atomic E-state index is 0.536. The highest BCUT2D eigenvalue weighted by Crippen LogP contribution is 2.42. The molecule has 94 valence electrons. The van der Waals surface area contributed by atoms with Crippen LogP contribution in [0.5, 0.6) is 0 Å². The van der Waals surface area contributed by atoms with Crippen LogP contribution in [0.4, 0.5) is 0 Å².